The summed E-state index contributed by atoms with van der Waals surface area (Å²) in [4.78, 5) is 35.4. The lowest BCUT2D eigenvalue weighted by atomic mass is 10.0. The van der Waals surface area contributed by atoms with Gasteiger partial charge in [0, 0.05) is 25.4 Å². The Hall–Kier alpha value is -1.64. The molecule has 1 aliphatic heterocycles. The van der Waals surface area contributed by atoms with Crippen molar-refractivity contribution in [2.75, 3.05) is 18.1 Å². The number of nitrogens with zero attached hydrogens (tertiary/aromatic N) is 1. The van der Waals surface area contributed by atoms with E-state index in [4.69, 9.17) is 5.11 Å². The molecule has 1 saturated heterocycles. The molecule has 0 radical (unpaired) electrons. The van der Waals surface area contributed by atoms with Crippen LogP contribution in [0.1, 0.15) is 26.7 Å². The van der Waals surface area contributed by atoms with Crippen molar-refractivity contribution in [3.05, 3.63) is 0 Å². The molecule has 120 valence electrons. The molecule has 0 aromatic heterocycles. The summed E-state index contributed by atoms with van der Waals surface area (Å²) < 4.78 is 22.8. The van der Waals surface area contributed by atoms with E-state index >= 15 is 0 Å². The second kappa shape index (κ2) is 6.88. The normalized spacial score (nSPS) is 22.4. The molecule has 2 atom stereocenters. The summed E-state index contributed by atoms with van der Waals surface area (Å²) in [5.74, 6) is -2.18. The highest BCUT2D eigenvalue weighted by molar-refractivity contribution is 7.91. The maximum Gasteiger partial charge on any atom is 0.324 e. The molecule has 0 aromatic carbocycles. The number of carbonyl (C=O) groups is 3. The summed E-state index contributed by atoms with van der Waals surface area (Å²) in [6, 6.07) is -1.13. The number of amides is 3. The molecule has 1 rings (SSSR count). The van der Waals surface area contributed by atoms with Crippen LogP contribution >= 0.6 is 0 Å². The first kappa shape index (κ1) is 17.4. The van der Waals surface area contributed by atoms with E-state index in [-0.39, 0.29) is 36.8 Å². The van der Waals surface area contributed by atoms with Crippen molar-refractivity contribution in [3.8, 4) is 0 Å². The van der Waals surface area contributed by atoms with E-state index in [2.05, 4.69) is 5.32 Å². The largest absolute Gasteiger partial charge is 0.481 e. The SMILES string of the molecule is CC(CC(=O)O)CC(=O)NC(=O)N1CCS(=O)(=O)CC1C. The Morgan fingerprint density at radius 1 is 1.33 bits per heavy atom. The third kappa shape index (κ3) is 5.70. The smallest absolute Gasteiger partial charge is 0.324 e. The standard InChI is InChI=1S/C12H20N2O6S/c1-8(6-11(16)17)5-10(15)13-12(18)14-3-4-21(19,20)7-9(14)2/h8-9H,3-7H2,1-2H3,(H,16,17)(H,13,15,18). The summed E-state index contributed by atoms with van der Waals surface area (Å²) in [6.45, 7) is 3.26. The van der Waals surface area contributed by atoms with Crippen molar-refractivity contribution in [3.63, 3.8) is 0 Å². The summed E-state index contributed by atoms with van der Waals surface area (Å²) in [7, 11) is -3.13. The van der Waals surface area contributed by atoms with E-state index < -0.39 is 33.8 Å². The first-order valence-electron chi connectivity index (χ1n) is 6.63. The van der Waals surface area contributed by atoms with Gasteiger partial charge in [-0.15, -0.1) is 0 Å². The van der Waals surface area contributed by atoms with Gasteiger partial charge in [-0.05, 0) is 12.8 Å². The lowest BCUT2D eigenvalue weighted by molar-refractivity contribution is -0.138. The molecule has 1 heterocycles. The zero-order valence-electron chi connectivity index (χ0n) is 12.0. The van der Waals surface area contributed by atoms with Gasteiger partial charge < -0.3 is 10.0 Å². The minimum Gasteiger partial charge on any atom is -0.481 e. The van der Waals surface area contributed by atoms with Crippen LogP contribution in [-0.2, 0) is 19.4 Å². The van der Waals surface area contributed by atoms with Gasteiger partial charge in [0.05, 0.1) is 11.5 Å². The Morgan fingerprint density at radius 2 is 1.95 bits per heavy atom. The van der Waals surface area contributed by atoms with Gasteiger partial charge >= 0.3 is 12.0 Å². The summed E-state index contributed by atoms with van der Waals surface area (Å²) in [6.07, 6.45) is -0.224. The maximum atomic E-state index is 11.9. The van der Waals surface area contributed by atoms with Gasteiger partial charge in [0.1, 0.15) is 0 Å². The third-order valence-electron chi connectivity index (χ3n) is 3.23. The molecular weight excluding hydrogens is 300 g/mol. The van der Waals surface area contributed by atoms with Gasteiger partial charge in [-0.3, -0.25) is 14.9 Å². The van der Waals surface area contributed by atoms with Crippen LogP contribution in [-0.4, -0.2) is 60.4 Å². The van der Waals surface area contributed by atoms with E-state index in [9.17, 15) is 22.8 Å². The minimum absolute atomic E-state index is 0.0489. The lowest BCUT2D eigenvalue weighted by Gasteiger charge is -2.32. The number of aliphatic carboxylic acids is 1. The molecule has 8 nitrogen and oxygen atoms in total. The number of carbonyl (C=O) groups excluding carboxylic acids is 2. The van der Waals surface area contributed by atoms with Gasteiger partial charge in [0.2, 0.25) is 5.91 Å². The molecule has 0 spiro atoms. The van der Waals surface area contributed by atoms with Crippen LogP contribution in [0.3, 0.4) is 0 Å². The van der Waals surface area contributed by atoms with Crippen LogP contribution in [0.4, 0.5) is 4.79 Å². The highest BCUT2D eigenvalue weighted by Crippen LogP contribution is 2.12. The quantitative estimate of drug-likeness (QED) is 0.742. The Kier molecular flexibility index (Phi) is 5.70. The Labute approximate surface area is 123 Å². The van der Waals surface area contributed by atoms with Crippen molar-refractivity contribution >= 4 is 27.7 Å². The third-order valence-corrected chi connectivity index (χ3v) is 5.03. The fraction of sp³-hybridized carbons (Fsp3) is 0.750. The van der Waals surface area contributed by atoms with Crippen LogP contribution in [0, 0.1) is 5.92 Å². The van der Waals surface area contributed by atoms with Gasteiger partial charge in [0.25, 0.3) is 0 Å². The fourth-order valence-electron chi connectivity index (χ4n) is 2.23. The van der Waals surface area contributed by atoms with E-state index in [1.165, 1.54) is 4.90 Å². The summed E-state index contributed by atoms with van der Waals surface area (Å²) >= 11 is 0. The van der Waals surface area contributed by atoms with Gasteiger partial charge in [-0.2, -0.15) is 0 Å². The van der Waals surface area contributed by atoms with E-state index in [1.54, 1.807) is 13.8 Å². The van der Waals surface area contributed by atoms with Gasteiger partial charge in [-0.25, -0.2) is 13.2 Å². The maximum absolute atomic E-state index is 11.9. The van der Waals surface area contributed by atoms with Crippen LogP contribution in [0.25, 0.3) is 0 Å². The molecular formula is C12H20N2O6S. The number of hydrogen-bond donors (Lipinski definition) is 2. The Balaban J connectivity index is 2.50. The molecule has 0 bridgehead atoms. The first-order chi connectivity index (χ1) is 9.60. The van der Waals surface area contributed by atoms with Crippen molar-refractivity contribution < 1.29 is 27.9 Å². The molecule has 0 saturated carbocycles. The Bertz CT molecular complexity index is 530. The number of urea groups is 1. The highest BCUT2D eigenvalue weighted by Gasteiger charge is 2.31. The predicted molar refractivity (Wildman–Crippen MR) is 74.4 cm³/mol. The molecule has 1 fully saturated rings. The van der Waals surface area contributed by atoms with Crippen molar-refractivity contribution in [2.24, 2.45) is 5.92 Å². The number of hydrogen-bond acceptors (Lipinski definition) is 5. The van der Waals surface area contributed by atoms with Crippen molar-refractivity contribution in [1.29, 1.82) is 0 Å². The second-order valence-corrected chi connectivity index (χ2v) is 7.65. The van der Waals surface area contributed by atoms with Gasteiger partial charge in [-0.1, -0.05) is 6.92 Å². The van der Waals surface area contributed by atoms with Crippen LogP contribution < -0.4 is 5.32 Å². The lowest BCUT2D eigenvalue weighted by Crippen LogP contribution is -2.54. The number of sulfone groups is 1. The van der Waals surface area contributed by atoms with E-state index in [0.717, 1.165) is 0 Å². The zero-order chi connectivity index (χ0) is 16.2. The van der Waals surface area contributed by atoms with Crippen molar-refractivity contribution in [1.82, 2.24) is 10.2 Å². The van der Waals surface area contributed by atoms with Crippen LogP contribution in [0.5, 0.6) is 0 Å². The predicted octanol–water partition coefficient (Wildman–Crippen LogP) is -0.158. The molecule has 2 N–H and O–H groups in total. The Morgan fingerprint density at radius 3 is 2.48 bits per heavy atom. The van der Waals surface area contributed by atoms with Gasteiger partial charge in [0.15, 0.2) is 9.84 Å². The summed E-state index contributed by atoms with van der Waals surface area (Å²) in [5, 5.41) is 10.8. The highest BCUT2D eigenvalue weighted by atomic mass is 32.2. The first-order valence-corrected chi connectivity index (χ1v) is 8.45. The monoisotopic (exact) mass is 320 g/mol. The fourth-order valence-corrected chi connectivity index (χ4v) is 3.79. The van der Waals surface area contributed by atoms with Crippen LogP contribution in [0.15, 0.2) is 0 Å². The number of imide groups is 1. The molecule has 0 aliphatic carbocycles. The topological polar surface area (TPSA) is 121 Å². The molecule has 2 unspecified atom stereocenters. The zero-order valence-corrected chi connectivity index (χ0v) is 12.9. The minimum atomic E-state index is -3.13. The average Bonchev–Trinajstić information content (AvgIpc) is 2.24. The molecule has 3 amide bonds. The number of carboxylic acid groups (broad SMARTS) is 1. The number of rotatable bonds is 4. The van der Waals surface area contributed by atoms with E-state index in [0.29, 0.717) is 0 Å². The second-order valence-electron chi connectivity index (χ2n) is 5.42. The number of carboxylic acids is 1. The number of nitrogens with one attached hydrogen (secondary N) is 1. The molecule has 9 heteroatoms. The molecule has 21 heavy (non-hydrogen) atoms. The van der Waals surface area contributed by atoms with Crippen LogP contribution in [0.2, 0.25) is 0 Å². The summed E-state index contributed by atoms with van der Waals surface area (Å²) in [5.41, 5.74) is 0. The van der Waals surface area contributed by atoms with Crippen molar-refractivity contribution in [2.45, 2.75) is 32.7 Å². The van der Waals surface area contributed by atoms with E-state index in [1.807, 2.05) is 0 Å². The molecule has 1 aliphatic rings. The average molecular weight is 320 g/mol. The molecule has 0 aromatic rings.